The Kier molecular flexibility index (Phi) is 4.03. The van der Waals surface area contributed by atoms with Crippen molar-refractivity contribution in [3.05, 3.63) is 73.2 Å². The molecule has 4 heteroatoms. The molecular weight excluding hydrogens is 277 g/mol. The molecule has 0 aromatic carbocycles. The van der Waals surface area contributed by atoms with Gasteiger partial charge in [0.25, 0.3) is 0 Å². The van der Waals surface area contributed by atoms with Crippen molar-refractivity contribution >= 4 is 23.6 Å². The molecule has 0 aliphatic carbocycles. The Bertz CT molecular complexity index is 590. The fourth-order valence-electron chi connectivity index (χ4n) is 2.58. The van der Waals surface area contributed by atoms with Crippen molar-refractivity contribution in [1.82, 2.24) is 15.0 Å². The molecule has 0 radical (unpaired) electrons. The van der Waals surface area contributed by atoms with Crippen LogP contribution in [0.3, 0.4) is 0 Å². The first-order valence-corrected chi connectivity index (χ1v) is 8.98. The van der Waals surface area contributed by atoms with E-state index >= 15 is 0 Å². The average Bonchev–Trinajstić information content (AvgIpc) is 2.59. The van der Waals surface area contributed by atoms with Crippen molar-refractivity contribution in [2.24, 2.45) is 0 Å². The lowest BCUT2D eigenvalue weighted by Crippen LogP contribution is -2.36. The summed E-state index contributed by atoms with van der Waals surface area (Å²) < 4.78 is 0. The fraction of sp³-hybridized carbons (Fsp3) is 0.118. The molecular formula is C17H17N3P+. The van der Waals surface area contributed by atoms with Crippen LogP contribution in [0.15, 0.2) is 73.2 Å². The second-order valence-electron chi connectivity index (χ2n) is 4.69. The van der Waals surface area contributed by atoms with Crippen molar-refractivity contribution < 1.29 is 0 Å². The van der Waals surface area contributed by atoms with Crippen LogP contribution in [-0.4, -0.2) is 21.1 Å². The second-order valence-corrected chi connectivity index (χ2v) is 8.32. The second kappa shape index (κ2) is 6.11. The largest absolute Gasteiger partial charge is 0.221 e. The van der Waals surface area contributed by atoms with Gasteiger partial charge in [-0.2, -0.15) is 0 Å². The molecule has 0 spiro atoms. The summed E-state index contributed by atoms with van der Waals surface area (Å²) in [6, 6.07) is 18.3. The van der Waals surface area contributed by atoms with Gasteiger partial charge < -0.3 is 0 Å². The Hall–Kier alpha value is -2.12. The molecule has 21 heavy (non-hydrogen) atoms. The Labute approximate surface area is 125 Å². The zero-order valence-electron chi connectivity index (χ0n) is 11.9. The maximum atomic E-state index is 4.64. The Morgan fingerprint density at radius 1 is 0.667 bits per heavy atom. The van der Waals surface area contributed by atoms with Gasteiger partial charge >= 0.3 is 0 Å². The zero-order valence-corrected chi connectivity index (χ0v) is 12.8. The summed E-state index contributed by atoms with van der Waals surface area (Å²) in [5.74, 6) is 0. The highest BCUT2D eigenvalue weighted by Gasteiger charge is 2.47. The molecule has 3 aromatic heterocycles. The molecule has 3 rings (SSSR count). The zero-order chi connectivity index (χ0) is 14.5. The molecule has 3 heterocycles. The number of nitrogens with zero attached hydrogens (tertiary/aromatic N) is 3. The predicted octanol–water partition coefficient (Wildman–Crippen LogP) is 2.19. The van der Waals surface area contributed by atoms with Crippen molar-refractivity contribution in [2.75, 3.05) is 6.16 Å². The van der Waals surface area contributed by atoms with Gasteiger partial charge in [0.15, 0.2) is 23.6 Å². The first-order chi connectivity index (χ1) is 10.4. The van der Waals surface area contributed by atoms with Crippen molar-refractivity contribution in [3.63, 3.8) is 0 Å². The highest BCUT2D eigenvalue weighted by atomic mass is 31.2. The summed E-state index contributed by atoms with van der Waals surface area (Å²) in [7, 11) is -1.87. The lowest BCUT2D eigenvalue weighted by molar-refractivity contribution is 1.32. The number of hydrogen-bond donors (Lipinski definition) is 0. The predicted molar refractivity (Wildman–Crippen MR) is 89.1 cm³/mol. The maximum absolute atomic E-state index is 4.64. The molecule has 0 atom stereocenters. The third kappa shape index (κ3) is 2.45. The lowest BCUT2D eigenvalue weighted by atomic mass is 10.5. The standard InChI is InChI=1S/C17H17N3P/c1-2-21(15-9-3-6-12-18-15,16-10-4-7-13-19-16)17-11-5-8-14-20-17/h3-14H,2H2,1H3/q+1. The third-order valence-electron chi connectivity index (χ3n) is 3.60. The van der Waals surface area contributed by atoms with Crippen molar-refractivity contribution in [1.29, 1.82) is 0 Å². The van der Waals surface area contributed by atoms with E-state index in [2.05, 4.69) is 40.1 Å². The van der Waals surface area contributed by atoms with Gasteiger partial charge in [-0.15, -0.1) is 0 Å². The molecule has 3 nitrogen and oxygen atoms in total. The first-order valence-electron chi connectivity index (χ1n) is 7.01. The highest BCUT2D eigenvalue weighted by molar-refractivity contribution is 7.95. The number of pyridine rings is 3. The Balaban J connectivity index is 2.29. The quantitative estimate of drug-likeness (QED) is 0.692. The van der Waals surface area contributed by atoms with Crippen LogP contribution in [0, 0.1) is 0 Å². The first kappa shape index (κ1) is 13.8. The SMILES string of the molecule is CC[P+](c1ccccn1)(c1ccccn1)c1ccccn1. The molecule has 0 saturated carbocycles. The van der Waals surface area contributed by atoms with E-state index in [0.29, 0.717) is 0 Å². The van der Waals surface area contributed by atoms with Crippen LogP contribution in [0.4, 0.5) is 0 Å². The molecule has 0 fully saturated rings. The summed E-state index contributed by atoms with van der Waals surface area (Å²) in [5.41, 5.74) is 3.26. The maximum Gasteiger partial charge on any atom is 0.196 e. The van der Waals surface area contributed by atoms with Crippen LogP contribution in [0.1, 0.15) is 6.92 Å². The summed E-state index contributed by atoms with van der Waals surface area (Å²) in [6.45, 7) is 2.20. The number of hydrogen-bond acceptors (Lipinski definition) is 3. The van der Waals surface area contributed by atoms with Gasteiger partial charge in [-0.1, -0.05) is 18.2 Å². The van der Waals surface area contributed by atoms with Crippen LogP contribution in [0.5, 0.6) is 0 Å². The number of aromatic nitrogens is 3. The van der Waals surface area contributed by atoms with Crippen molar-refractivity contribution in [3.8, 4) is 0 Å². The van der Waals surface area contributed by atoms with Gasteiger partial charge in [0.05, 0.1) is 6.16 Å². The minimum atomic E-state index is -1.87. The lowest BCUT2D eigenvalue weighted by Gasteiger charge is -2.22. The third-order valence-corrected chi connectivity index (χ3v) is 7.68. The van der Waals surface area contributed by atoms with Crippen LogP contribution in [0.2, 0.25) is 0 Å². The smallest absolute Gasteiger partial charge is 0.196 e. The average molecular weight is 294 g/mol. The Morgan fingerprint density at radius 2 is 1.05 bits per heavy atom. The fourth-order valence-corrected chi connectivity index (χ4v) is 6.07. The topological polar surface area (TPSA) is 38.7 Å². The molecule has 0 bridgehead atoms. The normalized spacial score (nSPS) is 11.3. The van der Waals surface area contributed by atoms with Crippen LogP contribution >= 0.6 is 7.26 Å². The van der Waals surface area contributed by atoms with Crippen molar-refractivity contribution in [2.45, 2.75) is 6.92 Å². The monoisotopic (exact) mass is 294 g/mol. The van der Waals surface area contributed by atoms with Gasteiger partial charge in [0.1, 0.15) is 0 Å². The molecule has 0 N–H and O–H groups in total. The molecule has 0 amide bonds. The highest BCUT2D eigenvalue weighted by Crippen LogP contribution is 2.52. The van der Waals surface area contributed by atoms with E-state index in [9.17, 15) is 0 Å². The van der Waals surface area contributed by atoms with E-state index in [1.165, 1.54) is 0 Å². The summed E-state index contributed by atoms with van der Waals surface area (Å²) in [4.78, 5) is 13.9. The van der Waals surface area contributed by atoms with Crippen LogP contribution in [-0.2, 0) is 0 Å². The summed E-state index contributed by atoms with van der Waals surface area (Å²) in [6.07, 6.45) is 6.51. The molecule has 104 valence electrons. The van der Waals surface area contributed by atoms with E-state index in [1.54, 1.807) is 0 Å². The molecule has 0 saturated heterocycles. The van der Waals surface area contributed by atoms with Gasteiger partial charge in [-0.05, 0) is 25.1 Å². The van der Waals surface area contributed by atoms with Gasteiger partial charge in [0, 0.05) is 36.8 Å². The minimum Gasteiger partial charge on any atom is -0.221 e. The minimum absolute atomic E-state index is 0.956. The van der Waals surface area contributed by atoms with Gasteiger partial charge in [0.2, 0.25) is 0 Å². The van der Waals surface area contributed by atoms with E-state index in [1.807, 2.05) is 55.0 Å². The number of rotatable bonds is 4. The molecule has 0 aliphatic heterocycles. The molecule has 3 aromatic rings. The summed E-state index contributed by atoms with van der Waals surface area (Å²) in [5, 5.41) is 0. The van der Waals surface area contributed by atoms with E-state index < -0.39 is 7.26 Å². The van der Waals surface area contributed by atoms with Gasteiger partial charge in [-0.3, -0.25) is 0 Å². The van der Waals surface area contributed by atoms with E-state index in [4.69, 9.17) is 0 Å². The molecule has 0 aliphatic rings. The Morgan fingerprint density at radius 3 is 1.29 bits per heavy atom. The summed E-state index contributed by atoms with van der Waals surface area (Å²) >= 11 is 0. The van der Waals surface area contributed by atoms with E-state index in [0.717, 1.165) is 22.5 Å². The van der Waals surface area contributed by atoms with E-state index in [-0.39, 0.29) is 0 Å². The van der Waals surface area contributed by atoms with Crippen LogP contribution in [0.25, 0.3) is 0 Å². The van der Waals surface area contributed by atoms with Gasteiger partial charge in [-0.25, -0.2) is 15.0 Å². The molecule has 0 unspecified atom stereocenters. The van der Waals surface area contributed by atoms with Crippen LogP contribution < -0.4 is 16.3 Å².